The number of fused-ring (bicyclic) bond motifs is 1. The highest BCUT2D eigenvalue weighted by Crippen LogP contribution is 2.32. The molecule has 2 heteroatoms. The second-order valence-electron chi connectivity index (χ2n) is 4.72. The van der Waals surface area contributed by atoms with Gasteiger partial charge < -0.3 is 5.32 Å². The maximum Gasteiger partial charge on any atom is 0.224 e. The molecule has 16 heavy (non-hydrogen) atoms. The van der Waals surface area contributed by atoms with Crippen molar-refractivity contribution in [1.29, 1.82) is 0 Å². The normalized spacial score (nSPS) is 17.4. The van der Waals surface area contributed by atoms with Gasteiger partial charge in [-0.25, -0.2) is 0 Å². The minimum Gasteiger partial charge on any atom is -0.326 e. The molecule has 1 amide bonds. The molecule has 0 saturated heterocycles. The number of benzene rings is 1. The van der Waals surface area contributed by atoms with Gasteiger partial charge in [0.2, 0.25) is 5.91 Å². The van der Waals surface area contributed by atoms with Gasteiger partial charge in [-0.1, -0.05) is 45.9 Å². The number of hydrogen-bond donors (Lipinski definition) is 1. The largest absolute Gasteiger partial charge is 0.326 e. The van der Waals surface area contributed by atoms with Gasteiger partial charge in [-0.2, -0.15) is 0 Å². The van der Waals surface area contributed by atoms with Crippen molar-refractivity contribution in [1.82, 2.24) is 0 Å². The van der Waals surface area contributed by atoms with Gasteiger partial charge in [0.05, 0.1) is 0 Å². The van der Waals surface area contributed by atoms with Gasteiger partial charge in [0.15, 0.2) is 0 Å². The van der Waals surface area contributed by atoms with Crippen LogP contribution < -0.4 is 5.32 Å². The topological polar surface area (TPSA) is 29.1 Å². The van der Waals surface area contributed by atoms with Crippen LogP contribution in [0.25, 0.3) is 0 Å². The molecule has 0 atom stereocenters. The Bertz CT molecular complexity index is 369. The van der Waals surface area contributed by atoms with Crippen LogP contribution in [0, 0.1) is 5.41 Å². The Morgan fingerprint density at radius 1 is 1.12 bits per heavy atom. The average Bonchev–Trinajstić information content (AvgIpc) is 2.33. The van der Waals surface area contributed by atoms with Gasteiger partial charge in [0, 0.05) is 12.1 Å². The SMILES string of the molecule is CC.CC1(C)CC(=O)Nc2ccccc2C1. The van der Waals surface area contributed by atoms with E-state index in [1.54, 1.807) is 0 Å². The maximum absolute atomic E-state index is 11.6. The molecule has 2 nitrogen and oxygen atoms in total. The van der Waals surface area contributed by atoms with Crippen LogP contribution in [-0.2, 0) is 11.2 Å². The lowest BCUT2D eigenvalue weighted by Gasteiger charge is -2.20. The second kappa shape index (κ2) is 5.15. The van der Waals surface area contributed by atoms with Crippen molar-refractivity contribution < 1.29 is 4.79 Å². The zero-order chi connectivity index (χ0) is 12.2. The van der Waals surface area contributed by atoms with Crippen LogP contribution in [-0.4, -0.2) is 5.91 Å². The lowest BCUT2D eigenvalue weighted by molar-refractivity contribution is -0.117. The number of hydrogen-bond acceptors (Lipinski definition) is 1. The summed E-state index contributed by atoms with van der Waals surface area (Å²) in [6.07, 6.45) is 1.56. The first kappa shape index (κ1) is 12.8. The number of para-hydroxylation sites is 1. The quantitative estimate of drug-likeness (QED) is 0.709. The highest BCUT2D eigenvalue weighted by Gasteiger charge is 2.27. The third-order valence-electron chi connectivity index (χ3n) is 2.60. The van der Waals surface area contributed by atoms with E-state index in [1.807, 2.05) is 32.0 Å². The van der Waals surface area contributed by atoms with Crippen molar-refractivity contribution in [3.63, 3.8) is 0 Å². The summed E-state index contributed by atoms with van der Waals surface area (Å²) in [6, 6.07) is 8.03. The molecular formula is C14H21NO. The molecule has 0 aromatic heterocycles. The van der Waals surface area contributed by atoms with E-state index in [4.69, 9.17) is 0 Å². The van der Waals surface area contributed by atoms with E-state index in [0.29, 0.717) is 6.42 Å². The van der Waals surface area contributed by atoms with Crippen molar-refractivity contribution in [3.8, 4) is 0 Å². The van der Waals surface area contributed by atoms with E-state index < -0.39 is 0 Å². The summed E-state index contributed by atoms with van der Waals surface area (Å²) in [5.41, 5.74) is 2.28. The highest BCUT2D eigenvalue weighted by molar-refractivity contribution is 5.92. The molecule has 0 bridgehead atoms. The van der Waals surface area contributed by atoms with Crippen LogP contribution in [0.2, 0.25) is 0 Å². The summed E-state index contributed by atoms with van der Waals surface area (Å²) in [6.45, 7) is 8.27. The minimum atomic E-state index is 0.0662. The molecule has 1 aliphatic heterocycles. The van der Waals surface area contributed by atoms with Crippen molar-refractivity contribution in [2.75, 3.05) is 5.32 Å². The Kier molecular flexibility index (Phi) is 4.11. The summed E-state index contributed by atoms with van der Waals surface area (Å²) in [5, 5.41) is 2.94. The molecule has 1 N–H and O–H groups in total. The lowest BCUT2D eigenvalue weighted by atomic mass is 9.83. The maximum atomic E-state index is 11.6. The molecule has 2 rings (SSSR count). The molecule has 0 unspecified atom stereocenters. The van der Waals surface area contributed by atoms with Crippen molar-refractivity contribution in [2.24, 2.45) is 5.41 Å². The third-order valence-corrected chi connectivity index (χ3v) is 2.60. The average molecular weight is 219 g/mol. The lowest BCUT2D eigenvalue weighted by Crippen LogP contribution is -2.19. The Morgan fingerprint density at radius 2 is 1.75 bits per heavy atom. The molecule has 1 aromatic carbocycles. The standard InChI is InChI=1S/C12H15NO.C2H6/c1-12(2)7-9-5-3-4-6-10(9)13-11(14)8-12;1-2/h3-6H,7-8H2,1-2H3,(H,13,14);1-2H3. The summed E-state index contributed by atoms with van der Waals surface area (Å²) in [4.78, 5) is 11.6. The fourth-order valence-electron chi connectivity index (χ4n) is 2.00. The van der Waals surface area contributed by atoms with Crippen LogP contribution in [0.15, 0.2) is 24.3 Å². The van der Waals surface area contributed by atoms with Gasteiger partial charge in [0.25, 0.3) is 0 Å². The van der Waals surface area contributed by atoms with Crippen LogP contribution in [0.4, 0.5) is 5.69 Å². The summed E-state index contributed by atoms with van der Waals surface area (Å²) in [5.74, 6) is 0.125. The number of anilines is 1. The van der Waals surface area contributed by atoms with Gasteiger partial charge in [0.1, 0.15) is 0 Å². The van der Waals surface area contributed by atoms with Gasteiger partial charge in [-0.3, -0.25) is 4.79 Å². The molecule has 0 saturated carbocycles. The molecular weight excluding hydrogens is 198 g/mol. The molecule has 1 heterocycles. The van der Waals surface area contributed by atoms with E-state index in [1.165, 1.54) is 5.56 Å². The zero-order valence-corrected chi connectivity index (χ0v) is 10.6. The van der Waals surface area contributed by atoms with E-state index in [9.17, 15) is 4.79 Å². The van der Waals surface area contributed by atoms with Crippen LogP contribution in [0.5, 0.6) is 0 Å². The summed E-state index contributed by atoms with van der Waals surface area (Å²) in [7, 11) is 0. The van der Waals surface area contributed by atoms with Crippen molar-refractivity contribution in [2.45, 2.75) is 40.5 Å². The first-order valence-corrected chi connectivity index (χ1v) is 5.95. The van der Waals surface area contributed by atoms with Crippen LogP contribution in [0.3, 0.4) is 0 Å². The van der Waals surface area contributed by atoms with Gasteiger partial charge in [-0.05, 0) is 23.5 Å². The smallest absolute Gasteiger partial charge is 0.224 e. The van der Waals surface area contributed by atoms with Crippen molar-refractivity contribution in [3.05, 3.63) is 29.8 Å². The molecule has 1 aliphatic rings. The zero-order valence-electron chi connectivity index (χ0n) is 10.6. The van der Waals surface area contributed by atoms with E-state index in [2.05, 4.69) is 25.2 Å². The Morgan fingerprint density at radius 3 is 2.44 bits per heavy atom. The fraction of sp³-hybridized carbons (Fsp3) is 0.500. The molecule has 88 valence electrons. The number of nitrogens with one attached hydrogen (secondary N) is 1. The molecule has 0 spiro atoms. The molecule has 0 aliphatic carbocycles. The van der Waals surface area contributed by atoms with E-state index in [0.717, 1.165) is 12.1 Å². The van der Waals surface area contributed by atoms with Gasteiger partial charge >= 0.3 is 0 Å². The fourth-order valence-corrected chi connectivity index (χ4v) is 2.00. The van der Waals surface area contributed by atoms with E-state index >= 15 is 0 Å². The predicted octanol–water partition coefficient (Wildman–Crippen LogP) is 3.62. The number of carbonyl (C=O) groups excluding carboxylic acids is 1. The monoisotopic (exact) mass is 219 g/mol. The van der Waals surface area contributed by atoms with Crippen LogP contribution >= 0.6 is 0 Å². The molecule has 0 fully saturated rings. The minimum absolute atomic E-state index is 0.0662. The number of rotatable bonds is 0. The first-order valence-electron chi connectivity index (χ1n) is 5.95. The predicted molar refractivity (Wildman–Crippen MR) is 68.5 cm³/mol. The Hall–Kier alpha value is -1.31. The first-order chi connectivity index (χ1) is 7.57. The second-order valence-corrected chi connectivity index (χ2v) is 4.72. The molecule has 1 aromatic rings. The van der Waals surface area contributed by atoms with Gasteiger partial charge in [-0.15, -0.1) is 0 Å². The van der Waals surface area contributed by atoms with E-state index in [-0.39, 0.29) is 11.3 Å². The Labute approximate surface area is 98.1 Å². The number of amides is 1. The third kappa shape index (κ3) is 3.09. The summed E-state index contributed by atoms with van der Waals surface area (Å²) < 4.78 is 0. The van der Waals surface area contributed by atoms with Crippen molar-refractivity contribution >= 4 is 11.6 Å². The van der Waals surface area contributed by atoms with Crippen LogP contribution in [0.1, 0.15) is 39.7 Å². The summed E-state index contributed by atoms with van der Waals surface area (Å²) >= 11 is 0. The highest BCUT2D eigenvalue weighted by atomic mass is 16.1. The number of carbonyl (C=O) groups is 1. The Balaban J connectivity index is 0.000000606. The molecule has 0 radical (unpaired) electrons.